The maximum absolute atomic E-state index is 11.7. The van der Waals surface area contributed by atoms with Gasteiger partial charge in [-0.25, -0.2) is 4.79 Å². The fourth-order valence-electron chi connectivity index (χ4n) is 1.34. The lowest BCUT2D eigenvalue weighted by Crippen LogP contribution is -2.26. The molecular weight excluding hydrogens is 220 g/mol. The molecule has 0 atom stereocenters. The Morgan fingerprint density at radius 3 is 2.88 bits per heavy atom. The Hall–Kier alpha value is -1.97. The second-order valence-electron chi connectivity index (χ2n) is 3.45. The van der Waals surface area contributed by atoms with Crippen molar-refractivity contribution in [3.8, 4) is 0 Å². The van der Waals surface area contributed by atoms with Gasteiger partial charge in [-0.05, 0) is 30.7 Å². The van der Waals surface area contributed by atoms with Gasteiger partial charge in [-0.2, -0.15) is 4.99 Å². The van der Waals surface area contributed by atoms with Crippen LogP contribution in [0.4, 0.5) is 5.69 Å². The van der Waals surface area contributed by atoms with E-state index < -0.39 is 0 Å². The first kappa shape index (κ1) is 13.1. The molecule has 0 aromatic heterocycles. The number of aryl methyl sites for hydroxylation is 1. The number of isocyanates is 1. The van der Waals surface area contributed by atoms with Gasteiger partial charge < -0.3 is 10.1 Å². The van der Waals surface area contributed by atoms with Crippen LogP contribution in [-0.2, 0) is 9.53 Å². The summed E-state index contributed by atoms with van der Waals surface area (Å²) < 4.78 is 4.83. The molecule has 1 N–H and O–H groups in total. The zero-order valence-electron chi connectivity index (χ0n) is 9.82. The van der Waals surface area contributed by atoms with Gasteiger partial charge in [-0.3, -0.25) is 4.79 Å². The van der Waals surface area contributed by atoms with E-state index in [0.29, 0.717) is 24.4 Å². The first-order valence-corrected chi connectivity index (χ1v) is 5.14. The van der Waals surface area contributed by atoms with Crippen LogP contribution in [0.2, 0.25) is 0 Å². The minimum Gasteiger partial charge on any atom is -0.383 e. The summed E-state index contributed by atoms with van der Waals surface area (Å²) in [7, 11) is 1.57. The summed E-state index contributed by atoms with van der Waals surface area (Å²) in [4.78, 5) is 25.3. The van der Waals surface area contributed by atoms with Gasteiger partial charge in [0, 0.05) is 19.2 Å². The van der Waals surface area contributed by atoms with Crippen molar-refractivity contribution in [2.75, 3.05) is 20.3 Å². The van der Waals surface area contributed by atoms with Crippen LogP contribution in [0.3, 0.4) is 0 Å². The average molecular weight is 234 g/mol. The number of nitrogens with zero attached hydrogens (tertiary/aromatic N) is 1. The van der Waals surface area contributed by atoms with Gasteiger partial charge >= 0.3 is 0 Å². The molecule has 0 bridgehead atoms. The third kappa shape index (κ3) is 3.83. The van der Waals surface area contributed by atoms with Crippen LogP contribution < -0.4 is 5.32 Å². The Labute approximate surface area is 99.5 Å². The van der Waals surface area contributed by atoms with Crippen molar-refractivity contribution < 1.29 is 14.3 Å². The number of nitrogens with one attached hydrogen (secondary N) is 1. The maximum Gasteiger partial charge on any atom is 0.251 e. The Bertz CT molecular complexity index is 451. The molecule has 90 valence electrons. The number of carbonyl (C=O) groups excluding carboxylic acids is 2. The van der Waals surface area contributed by atoms with Crippen molar-refractivity contribution in [3.05, 3.63) is 29.3 Å². The standard InChI is InChI=1S/C12H14N2O3/c1-9-7-10(3-4-11(9)14-8-15)12(16)13-5-6-17-2/h3-4,7H,5-6H2,1-2H3,(H,13,16). The Balaban J connectivity index is 2.75. The number of benzene rings is 1. The zero-order valence-corrected chi connectivity index (χ0v) is 9.82. The minimum absolute atomic E-state index is 0.174. The van der Waals surface area contributed by atoms with Crippen LogP contribution in [0.1, 0.15) is 15.9 Å². The molecular formula is C12H14N2O3. The second kappa shape index (κ2) is 6.58. The van der Waals surface area contributed by atoms with Crippen LogP contribution in [0.15, 0.2) is 23.2 Å². The number of methoxy groups -OCH3 is 1. The molecule has 1 amide bonds. The summed E-state index contributed by atoms with van der Waals surface area (Å²) in [6.07, 6.45) is 1.47. The van der Waals surface area contributed by atoms with Crippen molar-refractivity contribution in [2.24, 2.45) is 4.99 Å². The predicted octanol–water partition coefficient (Wildman–Crippen LogP) is 1.34. The number of ether oxygens (including phenoxy) is 1. The van der Waals surface area contributed by atoms with Crippen molar-refractivity contribution in [3.63, 3.8) is 0 Å². The number of hydrogen-bond donors (Lipinski definition) is 1. The normalized spacial score (nSPS) is 9.53. The Kier molecular flexibility index (Phi) is 5.07. The van der Waals surface area contributed by atoms with Gasteiger partial charge in [-0.1, -0.05) is 0 Å². The van der Waals surface area contributed by atoms with Gasteiger partial charge in [0.25, 0.3) is 5.91 Å². The molecule has 0 aliphatic rings. The third-order valence-corrected chi connectivity index (χ3v) is 2.22. The molecule has 0 saturated carbocycles. The van der Waals surface area contributed by atoms with E-state index >= 15 is 0 Å². The number of hydrogen-bond acceptors (Lipinski definition) is 4. The van der Waals surface area contributed by atoms with E-state index in [0.717, 1.165) is 5.56 Å². The van der Waals surface area contributed by atoms with Crippen molar-refractivity contribution in [2.45, 2.75) is 6.92 Å². The molecule has 0 aliphatic heterocycles. The fourth-order valence-corrected chi connectivity index (χ4v) is 1.34. The molecule has 1 aromatic rings. The SMILES string of the molecule is COCCNC(=O)c1ccc(N=C=O)c(C)c1. The van der Waals surface area contributed by atoms with Gasteiger partial charge in [-0.15, -0.1) is 0 Å². The molecule has 0 saturated heterocycles. The number of aliphatic imine (C=N–C) groups is 1. The Morgan fingerprint density at radius 1 is 1.53 bits per heavy atom. The zero-order chi connectivity index (χ0) is 12.7. The predicted molar refractivity (Wildman–Crippen MR) is 63.2 cm³/mol. The molecule has 1 rings (SSSR count). The number of amides is 1. The van der Waals surface area contributed by atoms with Crippen molar-refractivity contribution in [1.29, 1.82) is 0 Å². The molecule has 5 heteroatoms. The molecule has 0 fully saturated rings. The van der Waals surface area contributed by atoms with E-state index in [-0.39, 0.29) is 5.91 Å². The largest absolute Gasteiger partial charge is 0.383 e. The van der Waals surface area contributed by atoms with Crippen molar-refractivity contribution in [1.82, 2.24) is 5.32 Å². The summed E-state index contributed by atoms with van der Waals surface area (Å²) in [5, 5.41) is 2.71. The second-order valence-corrected chi connectivity index (χ2v) is 3.45. The molecule has 0 radical (unpaired) electrons. The first-order valence-electron chi connectivity index (χ1n) is 5.14. The highest BCUT2D eigenvalue weighted by atomic mass is 16.5. The summed E-state index contributed by atoms with van der Waals surface area (Å²) in [6, 6.07) is 4.91. The summed E-state index contributed by atoms with van der Waals surface area (Å²) in [6.45, 7) is 2.71. The summed E-state index contributed by atoms with van der Waals surface area (Å²) >= 11 is 0. The van der Waals surface area contributed by atoms with Crippen LogP contribution >= 0.6 is 0 Å². The van der Waals surface area contributed by atoms with E-state index in [1.807, 2.05) is 0 Å². The first-order chi connectivity index (χ1) is 8.19. The van der Waals surface area contributed by atoms with Crippen LogP contribution in [0.5, 0.6) is 0 Å². The van der Waals surface area contributed by atoms with E-state index in [1.165, 1.54) is 6.08 Å². The van der Waals surface area contributed by atoms with E-state index in [1.54, 1.807) is 32.2 Å². The number of carbonyl (C=O) groups is 1. The van der Waals surface area contributed by atoms with Gasteiger partial charge in [0.1, 0.15) is 0 Å². The lowest BCUT2D eigenvalue weighted by atomic mass is 10.1. The van der Waals surface area contributed by atoms with E-state index in [4.69, 9.17) is 4.74 Å². The topological polar surface area (TPSA) is 67.8 Å². The fraction of sp³-hybridized carbons (Fsp3) is 0.333. The average Bonchev–Trinajstić information content (AvgIpc) is 2.32. The number of rotatable bonds is 5. The maximum atomic E-state index is 11.7. The van der Waals surface area contributed by atoms with Gasteiger partial charge in [0.05, 0.1) is 12.3 Å². The molecule has 5 nitrogen and oxygen atoms in total. The summed E-state index contributed by atoms with van der Waals surface area (Å²) in [5.74, 6) is -0.174. The smallest absolute Gasteiger partial charge is 0.251 e. The summed E-state index contributed by atoms with van der Waals surface area (Å²) in [5.41, 5.74) is 1.81. The minimum atomic E-state index is -0.174. The molecule has 0 heterocycles. The lowest BCUT2D eigenvalue weighted by molar-refractivity contribution is 0.0937. The quantitative estimate of drug-likeness (QED) is 0.475. The van der Waals surface area contributed by atoms with Crippen LogP contribution in [-0.4, -0.2) is 32.2 Å². The van der Waals surface area contributed by atoms with Gasteiger partial charge in [0.15, 0.2) is 0 Å². The monoisotopic (exact) mass is 234 g/mol. The van der Waals surface area contributed by atoms with Crippen LogP contribution in [0, 0.1) is 6.92 Å². The van der Waals surface area contributed by atoms with Gasteiger partial charge in [0.2, 0.25) is 6.08 Å². The third-order valence-electron chi connectivity index (χ3n) is 2.22. The van der Waals surface area contributed by atoms with Crippen LogP contribution in [0.25, 0.3) is 0 Å². The lowest BCUT2D eigenvalue weighted by Gasteiger charge is -2.06. The highest BCUT2D eigenvalue weighted by Crippen LogP contribution is 2.18. The highest BCUT2D eigenvalue weighted by Gasteiger charge is 2.06. The molecule has 1 aromatic carbocycles. The Morgan fingerprint density at radius 2 is 2.29 bits per heavy atom. The van der Waals surface area contributed by atoms with E-state index in [2.05, 4.69) is 10.3 Å². The highest BCUT2D eigenvalue weighted by molar-refractivity contribution is 5.94. The molecule has 17 heavy (non-hydrogen) atoms. The molecule has 0 unspecified atom stereocenters. The van der Waals surface area contributed by atoms with Crippen molar-refractivity contribution >= 4 is 17.7 Å². The van der Waals surface area contributed by atoms with E-state index in [9.17, 15) is 9.59 Å². The molecule has 0 aliphatic carbocycles. The molecule has 0 spiro atoms.